The Hall–Kier alpha value is -2.40. The van der Waals surface area contributed by atoms with Gasteiger partial charge in [-0.25, -0.2) is 4.98 Å². The van der Waals surface area contributed by atoms with Crippen LogP contribution in [0.5, 0.6) is 0 Å². The summed E-state index contributed by atoms with van der Waals surface area (Å²) >= 11 is 5.83. The topological polar surface area (TPSA) is 55.6 Å². The summed E-state index contributed by atoms with van der Waals surface area (Å²) in [7, 11) is 0. The molecule has 3 aromatic rings. The maximum absolute atomic E-state index is 5.83. The second-order valence-electron chi connectivity index (χ2n) is 4.16. The lowest BCUT2D eigenvalue weighted by atomic mass is 10.3. The van der Waals surface area contributed by atoms with Crippen LogP contribution in [0.2, 0.25) is 5.15 Å². The molecule has 0 atom stereocenters. The molecule has 20 heavy (non-hydrogen) atoms. The van der Waals surface area contributed by atoms with Gasteiger partial charge < -0.3 is 5.32 Å². The third-order valence-electron chi connectivity index (χ3n) is 2.69. The minimum Gasteiger partial charge on any atom is -0.364 e. The van der Waals surface area contributed by atoms with Gasteiger partial charge >= 0.3 is 0 Å². The van der Waals surface area contributed by atoms with E-state index in [2.05, 4.69) is 20.5 Å². The lowest BCUT2D eigenvalue weighted by Gasteiger charge is -2.02. The number of para-hydroxylation sites is 1. The quantitative estimate of drug-likeness (QED) is 0.749. The Bertz CT molecular complexity index is 696. The van der Waals surface area contributed by atoms with Crippen LogP contribution in [0, 0.1) is 0 Å². The van der Waals surface area contributed by atoms with Crippen molar-refractivity contribution >= 4 is 17.4 Å². The molecule has 0 amide bonds. The summed E-state index contributed by atoms with van der Waals surface area (Å²) in [5, 5.41) is 12.3. The van der Waals surface area contributed by atoms with Crippen LogP contribution < -0.4 is 5.32 Å². The van der Waals surface area contributed by atoms with Gasteiger partial charge in [-0.1, -0.05) is 35.9 Å². The monoisotopic (exact) mass is 285 g/mol. The first-order valence-electron chi connectivity index (χ1n) is 6.14. The van der Waals surface area contributed by atoms with Crippen LogP contribution in [-0.2, 0) is 6.54 Å². The molecular weight excluding hydrogens is 274 g/mol. The van der Waals surface area contributed by atoms with Crippen molar-refractivity contribution in [1.29, 1.82) is 0 Å². The van der Waals surface area contributed by atoms with E-state index in [0.717, 1.165) is 11.4 Å². The smallest absolute Gasteiger partial charge is 0.131 e. The normalized spacial score (nSPS) is 10.4. The van der Waals surface area contributed by atoms with Crippen molar-refractivity contribution in [3.05, 3.63) is 65.6 Å². The van der Waals surface area contributed by atoms with Crippen LogP contribution in [0.1, 0.15) is 5.69 Å². The van der Waals surface area contributed by atoms with E-state index < -0.39 is 0 Å². The molecule has 0 fully saturated rings. The van der Waals surface area contributed by atoms with Gasteiger partial charge in [0.25, 0.3) is 0 Å². The van der Waals surface area contributed by atoms with Crippen LogP contribution in [0.3, 0.4) is 0 Å². The zero-order chi connectivity index (χ0) is 13.8. The lowest BCUT2D eigenvalue weighted by Crippen LogP contribution is -2.03. The molecule has 0 aliphatic rings. The third kappa shape index (κ3) is 2.95. The predicted octanol–water partition coefficient (Wildman–Crippen LogP) is 2.93. The van der Waals surface area contributed by atoms with E-state index in [1.165, 1.54) is 0 Å². The van der Waals surface area contributed by atoms with Crippen molar-refractivity contribution in [3.63, 3.8) is 0 Å². The summed E-state index contributed by atoms with van der Waals surface area (Å²) in [5.74, 6) is 0.715. The number of benzene rings is 1. The van der Waals surface area contributed by atoms with Gasteiger partial charge in [0.15, 0.2) is 0 Å². The van der Waals surface area contributed by atoms with Gasteiger partial charge in [-0.2, -0.15) is 15.0 Å². The van der Waals surface area contributed by atoms with Crippen molar-refractivity contribution in [1.82, 2.24) is 20.0 Å². The van der Waals surface area contributed by atoms with Crippen molar-refractivity contribution in [2.24, 2.45) is 0 Å². The van der Waals surface area contributed by atoms with Crippen LogP contribution >= 0.6 is 11.6 Å². The van der Waals surface area contributed by atoms with E-state index in [1.54, 1.807) is 17.1 Å². The van der Waals surface area contributed by atoms with E-state index in [-0.39, 0.29) is 0 Å². The fourth-order valence-electron chi connectivity index (χ4n) is 1.75. The Kier molecular flexibility index (Phi) is 3.60. The van der Waals surface area contributed by atoms with Crippen LogP contribution in [0.4, 0.5) is 5.82 Å². The molecule has 0 saturated heterocycles. The van der Waals surface area contributed by atoms with E-state index in [4.69, 9.17) is 11.6 Å². The molecule has 2 heterocycles. The summed E-state index contributed by atoms with van der Waals surface area (Å²) < 4.78 is 0. The number of aromatic nitrogens is 4. The van der Waals surface area contributed by atoms with Crippen molar-refractivity contribution in [2.45, 2.75) is 6.54 Å². The molecule has 100 valence electrons. The van der Waals surface area contributed by atoms with Gasteiger partial charge in [0.2, 0.25) is 0 Å². The first kappa shape index (κ1) is 12.6. The summed E-state index contributed by atoms with van der Waals surface area (Å²) in [6.07, 6.45) is 1.73. The molecule has 0 bridgehead atoms. The minimum atomic E-state index is 0.461. The molecule has 0 aliphatic heterocycles. The third-order valence-corrected chi connectivity index (χ3v) is 2.90. The number of nitrogens with one attached hydrogen (secondary N) is 1. The second kappa shape index (κ2) is 5.71. The molecule has 0 unspecified atom stereocenters. The predicted molar refractivity (Wildman–Crippen MR) is 77.9 cm³/mol. The van der Waals surface area contributed by atoms with Crippen LogP contribution in [0.15, 0.2) is 54.7 Å². The number of rotatable bonds is 4. The van der Waals surface area contributed by atoms with E-state index in [0.29, 0.717) is 17.5 Å². The fourth-order valence-corrected chi connectivity index (χ4v) is 1.91. The van der Waals surface area contributed by atoms with Gasteiger partial charge in [-0.3, -0.25) is 0 Å². The van der Waals surface area contributed by atoms with E-state index in [9.17, 15) is 0 Å². The van der Waals surface area contributed by atoms with Crippen molar-refractivity contribution in [3.8, 4) is 5.69 Å². The summed E-state index contributed by atoms with van der Waals surface area (Å²) in [5.41, 5.74) is 1.76. The number of hydrogen-bond acceptors (Lipinski definition) is 4. The molecule has 0 aliphatic carbocycles. The maximum atomic E-state index is 5.83. The number of pyridine rings is 1. The Labute approximate surface area is 121 Å². The second-order valence-corrected chi connectivity index (χ2v) is 4.55. The van der Waals surface area contributed by atoms with Gasteiger partial charge in [0, 0.05) is 0 Å². The van der Waals surface area contributed by atoms with Crippen LogP contribution in [-0.4, -0.2) is 20.0 Å². The van der Waals surface area contributed by atoms with Gasteiger partial charge in [0.05, 0.1) is 18.4 Å². The summed E-state index contributed by atoms with van der Waals surface area (Å²) in [6, 6.07) is 15.2. The average Bonchev–Trinajstić information content (AvgIpc) is 2.95. The maximum Gasteiger partial charge on any atom is 0.131 e. The highest BCUT2D eigenvalue weighted by molar-refractivity contribution is 6.29. The Morgan fingerprint density at radius 1 is 1.05 bits per heavy atom. The highest BCUT2D eigenvalue weighted by Crippen LogP contribution is 2.10. The first-order valence-corrected chi connectivity index (χ1v) is 6.52. The summed E-state index contributed by atoms with van der Waals surface area (Å²) in [4.78, 5) is 5.75. The molecule has 2 aromatic heterocycles. The minimum absolute atomic E-state index is 0.461. The highest BCUT2D eigenvalue weighted by Gasteiger charge is 2.03. The lowest BCUT2D eigenvalue weighted by molar-refractivity contribution is 0.740. The molecule has 1 N–H and O–H groups in total. The number of halogens is 1. The highest BCUT2D eigenvalue weighted by atomic mass is 35.5. The first-order chi connectivity index (χ1) is 9.81. The fraction of sp³-hybridized carbons (Fsp3) is 0.0714. The van der Waals surface area contributed by atoms with Crippen molar-refractivity contribution < 1.29 is 0 Å². The molecular formula is C14H12ClN5. The molecule has 0 saturated carbocycles. The Balaban J connectivity index is 1.69. The summed E-state index contributed by atoms with van der Waals surface area (Å²) in [6.45, 7) is 0.542. The van der Waals surface area contributed by atoms with Crippen LogP contribution in [0.25, 0.3) is 5.69 Å². The molecule has 0 radical (unpaired) electrons. The van der Waals surface area contributed by atoms with E-state index >= 15 is 0 Å². The zero-order valence-electron chi connectivity index (χ0n) is 10.6. The molecule has 1 aromatic carbocycles. The van der Waals surface area contributed by atoms with Crippen molar-refractivity contribution in [2.75, 3.05) is 5.32 Å². The van der Waals surface area contributed by atoms with E-state index in [1.807, 2.05) is 42.5 Å². The van der Waals surface area contributed by atoms with Gasteiger partial charge in [-0.15, -0.1) is 0 Å². The van der Waals surface area contributed by atoms with Gasteiger partial charge in [-0.05, 0) is 24.3 Å². The van der Waals surface area contributed by atoms with Gasteiger partial charge in [0.1, 0.15) is 16.7 Å². The Morgan fingerprint density at radius 3 is 2.70 bits per heavy atom. The molecule has 3 rings (SSSR count). The molecule has 6 heteroatoms. The zero-order valence-corrected chi connectivity index (χ0v) is 11.3. The SMILES string of the molecule is Clc1cccc(NCc2cnn(-c3ccccc3)n2)n1. The molecule has 0 spiro atoms. The number of hydrogen-bond donors (Lipinski definition) is 1. The molecule has 5 nitrogen and oxygen atoms in total. The number of nitrogens with zero attached hydrogens (tertiary/aromatic N) is 4. The Morgan fingerprint density at radius 2 is 1.90 bits per heavy atom. The largest absolute Gasteiger partial charge is 0.364 e. The average molecular weight is 286 g/mol. The standard InChI is InChI=1S/C14H12ClN5/c15-13-7-4-8-14(18-13)16-9-11-10-17-20(19-11)12-5-2-1-3-6-12/h1-8,10H,9H2,(H,16,18). The number of anilines is 1.